The van der Waals surface area contributed by atoms with Crippen LogP contribution in [0.3, 0.4) is 0 Å². The van der Waals surface area contributed by atoms with Gasteiger partial charge in [0.25, 0.3) is 0 Å². The molecule has 7 heteroatoms. The van der Waals surface area contributed by atoms with Crippen LogP contribution in [-0.4, -0.2) is 67.6 Å². The van der Waals surface area contributed by atoms with Gasteiger partial charge in [0.15, 0.2) is 0 Å². The molecule has 1 aliphatic rings. The molecule has 0 unspecified atom stereocenters. The molecule has 0 bridgehead atoms. The maximum Gasteiger partial charge on any atom is 0.226 e. The fourth-order valence-corrected chi connectivity index (χ4v) is 2.96. The minimum atomic E-state index is -0.108. The van der Waals surface area contributed by atoms with Crippen molar-refractivity contribution in [2.75, 3.05) is 51.3 Å². The number of carbonyl (C=O) groups excluding carboxylic acids is 2. The van der Waals surface area contributed by atoms with E-state index < -0.39 is 0 Å². The van der Waals surface area contributed by atoms with Crippen molar-refractivity contribution in [2.45, 2.75) is 20.3 Å². The smallest absolute Gasteiger partial charge is 0.226 e. The first-order valence-electron chi connectivity index (χ1n) is 8.57. The van der Waals surface area contributed by atoms with E-state index in [1.165, 1.54) is 0 Å². The van der Waals surface area contributed by atoms with Gasteiger partial charge in [0.05, 0.1) is 13.2 Å². The third kappa shape index (κ3) is 6.65. The molecule has 0 spiro atoms. The summed E-state index contributed by atoms with van der Waals surface area (Å²) >= 11 is 5.92. The van der Waals surface area contributed by atoms with Crippen LogP contribution in [0, 0.1) is 6.92 Å². The molecule has 0 atom stereocenters. The van der Waals surface area contributed by atoms with Crippen LogP contribution in [0.2, 0.25) is 5.02 Å². The minimum absolute atomic E-state index is 0.0104. The monoisotopic (exact) mass is 367 g/mol. The Morgan fingerprint density at radius 3 is 2.64 bits per heavy atom. The molecule has 1 N–H and O–H groups in total. The van der Waals surface area contributed by atoms with Crippen LogP contribution in [0.1, 0.15) is 18.9 Å². The van der Waals surface area contributed by atoms with Crippen molar-refractivity contribution in [2.24, 2.45) is 0 Å². The second kappa shape index (κ2) is 9.75. The van der Waals surface area contributed by atoms with E-state index in [1.54, 1.807) is 30.0 Å². The van der Waals surface area contributed by atoms with E-state index in [1.807, 2.05) is 6.92 Å². The normalized spacial score (nSPS) is 15.0. The van der Waals surface area contributed by atoms with E-state index in [4.69, 9.17) is 16.3 Å². The van der Waals surface area contributed by atoms with Gasteiger partial charge in [0, 0.05) is 56.8 Å². The Hall–Kier alpha value is -1.63. The lowest BCUT2D eigenvalue weighted by Gasteiger charge is -2.29. The predicted octanol–water partition coefficient (Wildman–Crippen LogP) is 2.16. The number of hydrogen-bond acceptors (Lipinski definition) is 4. The number of hydrogen-bond donors (Lipinski definition) is 1. The standard InChI is InChI=1S/C18H26ClN3O3/c1-14-13-16(19)3-4-17(14)20-18(24)5-6-22(15(2)23)8-7-21-9-11-25-12-10-21/h3-4,13H,5-12H2,1-2H3,(H,20,24). The molecule has 2 amide bonds. The maximum atomic E-state index is 12.2. The summed E-state index contributed by atoms with van der Waals surface area (Å²) in [5.41, 5.74) is 1.66. The van der Waals surface area contributed by atoms with Gasteiger partial charge in [0.2, 0.25) is 11.8 Å². The van der Waals surface area contributed by atoms with Crippen LogP contribution in [0.5, 0.6) is 0 Å². The average molecular weight is 368 g/mol. The quantitative estimate of drug-likeness (QED) is 0.802. The molecule has 1 aromatic rings. The fraction of sp³-hybridized carbons (Fsp3) is 0.556. The molecule has 0 aliphatic carbocycles. The number of halogens is 1. The lowest BCUT2D eigenvalue weighted by atomic mass is 10.2. The molecular formula is C18H26ClN3O3. The number of rotatable bonds is 7. The molecule has 1 aliphatic heterocycles. The van der Waals surface area contributed by atoms with Crippen molar-refractivity contribution in [3.63, 3.8) is 0 Å². The van der Waals surface area contributed by atoms with Gasteiger partial charge in [-0.2, -0.15) is 0 Å². The van der Waals surface area contributed by atoms with Gasteiger partial charge in [-0.15, -0.1) is 0 Å². The Kier molecular flexibility index (Phi) is 7.68. The summed E-state index contributed by atoms with van der Waals surface area (Å²) in [6.07, 6.45) is 0.269. The van der Waals surface area contributed by atoms with Gasteiger partial charge in [-0.3, -0.25) is 14.5 Å². The van der Waals surface area contributed by atoms with Gasteiger partial charge in [-0.25, -0.2) is 0 Å². The van der Waals surface area contributed by atoms with Crippen LogP contribution in [-0.2, 0) is 14.3 Å². The van der Waals surface area contributed by atoms with Gasteiger partial charge >= 0.3 is 0 Å². The lowest BCUT2D eigenvalue weighted by Crippen LogP contribution is -2.43. The van der Waals surface area contributed by atoms with E-state index in [2.05, 4.69) is 10.2 Å². The van der Waals surface area contributed by atoms with Gasteiger partial charge in [0.1, 0.15) is 0 Å². The summed E-state index contributed by atoms with van der Waals surface area (Å²) in [6.45, 7) is 8.55. The Bertz CT molecular complexity index is 603. The summed E-state index contributed by atoms with van der Waals surface area (Å²) in [4.78, 5) is 28.0. The summed E-state index contributed by atoms with van der Waals surface area (Å²) in [6, 6.07) is 5.34. The molecule has 138 valence electrons. The number of aryl methyl sites for hydroxylation is 1. The van der Waals surface area contributed by atoms with E-state index in [9.17, 15) is 9.59 Å². The Morgan fingerprint density at radius 2 is 2.00 bits per heavy atom. The Labute approximate surface area is 154 Å². The van der Waals surface area contributed by atoms with Crippen LogP contribution in [0.25, 0.3) is 0 Å². The molecular weight excluding hydrogens is 342 g/mol. The number of morpholine rings is 1. The molecule has 1 heterocycles. The highest BCUT2D eigenvalue weighted by molar-refractivity contribution is 6.30. The van der Waals surface area contributed by atoms with E-state index in [0.717, 1.165) is 44.1 Å². The highest BCUT2D eigenvalue weighted by Gasteiger charge is 2.15. The van der Waals surface area contributed by atoms with Gasteiger partial charge in [-0.05, 0) is 30.7 Å². The molecule has 1 fully saturated rings. The fourth-order valence-electron chi connectivity index (χ4n) is 2.73. The maximum absolute atomic E-state index is 12.2. The molecule has 0 saturated carbocycles. The lowest BCUT2D eigenvalue weighted by molar-refractivity contribution is -0.129. The van der Waals surface area contributed by atoms with Gasteiger partial charge in [-0.1, -0.05) is 11.6 Å². The molecule has 2 rings (SSSR count). The number of amides is 2. The van der Waals surface area contributed by atoms with E-state index in [0.29, 0.717) is 18.1 Å². The second-order valence-corrected chi connectivity index (χ2v) is 6.65. The SMILES string of the molecule is CC(=O)N(CCC(=O)Nc1ccc(Cl)cc1C)CCN1CCOCC1. The van der Waals surface area contributed by atoms with Crippen LogP contribution in [0.15, 0.2) is 18.2 Å². The van der Waals surface area contributed by atoms with Crippen LogP contribution >= 0.6 is 11.6 Å². The predicted molar refractivity (Wildman–Crippen MR) is 98.9 cm³/mol. The van der Waals surface area contributed by atoms with E-state index in [-0.39, 0.29) is 18.2 Å². The van der Waals surface area contributed by atoms with Crippen LogP contribution in [0.4, 0.5) is 5.69 Å². The number of nitrogens with one attached hydrogen (secondary N) is 1. The third-order valence-electron chi connectivity index (χ3n) is 4.31. The summed E-state index contributed by atoms with van der Waals surface area (Å²) in [5.74, 6) is -0.119. The number of anilines is 1. The largest absolute Gasteiger partial charge is 0.379 e. The number of benzene rings is 1. The summed E-state index contributed by atoms with van der Waals surface area (Å²) in [5, 5.41) is 3.51. The highest BCUT2D eigenvalue weighted by atomic mass is 35.5. The number of carbonyl (C=O) groups is 2. The van der Waals surface area contributed by atoms with Gasteiger partial charge < -0.3 is 15.0 Å². The molecule has 25 heavy (non-hydrogen) atoms. The second-order valence-electron chi connectivity index (χ2n) is 6.22. The first-order valence-corrected chi connectivity index (χ1v) is 8.95. The zero-order valence-electron chi connectivity index (χ0n) is 14.9. The van der Waals surface area contributed by atoms with E-state index >= 15 is 0 Å². The molecule has 1 aromatic carbocycles. The number of ether oxygens (including phenoxy) is 1. The Balaban J connectivity index is 1.79. The van der Waals surface area contributed by atoms with Crippen molar-refractivity contribution in [3.8, 4) is 0 Å². The highest BCUT2D eigenvalue weighted by Crippen LogP contribution is 2.19. The molecule has 6 nitrogen and oxygen atoms in total. The topological polar surface area (TPSA) is 61.9 Å². The van der Waals surface area contributed by atoms with Crippen LogP contribution < -0.4 is 5.32 Å². The summed E-state index contributed by atoms with van der Waals surface area (Å²) < 4.78 is 5.32. The third-order valence-corrected chi connectivity index (χ3v) is 4.54. The van der Waals surface area contributed by atoms with Crippen molar-refractivity contribution < 1.29 is 14.3 Å². The van der Waals surface area contributed by atoms with Crippen molar-refractivity contribution in [3.05, 3.63) is 28.8 Å². The zero-order valence-corrected chi connectivity index (χ0v) is 15.6. The molecule has 0 radical (unpaired) electrons. The first kappa shape index (κ1) is 19.7. The number of nitrogens with zero attached hydrogens (tertiary/aromatic N) is 2. The zero-order chi connectivity index (χ0) is 18.2. The minimum Gasteiger partial charge on any atom is -0.379 e. The Morgan fingerprint density at radius 1 is 1.28 bits per heavy atom. The molecule has 1 saturated heterocycles. The molecule has 0 aromatic heterocycles. The average Bonchev–Trinajstić information content (AvgIpc) is 2.58. The van der Waals surface area contributed by atoms with Crippen molar-refractivity contribution in [1.82, 2.24) is 9.80 Å². The summed E-state index contributed by atoms with van der Waals surface area (Å²) in [7, 11) is 0. The van der Waals surface area contributed by atoms with Crippen molar-refractivity contribution >= 4 is 29.1 Å². The first-order chi connectivity index (χ1) is 12.0. The van der Waals surface area contributed by atoms with Crippen molar-refractivity contribution in [1.29, 1.82) is 0 Å².